The number of aliphatic imine (C=N–C) groups is 1. The molecule has 5 N–H and O–H groups in total. The van der Waals surface area contributed by atoms with E-state index >= 15 is 0 Å². The molecule has 8 aromatic rings. The number of H-pyrrole nitrogens is 1. The van der Waals surface area contributed by atoms with E-state index in [0.29, 0.717) is 0 Å². The summed E-state index contributed by atoms with van der Waals surface area (Å²) in [5.41, 5.74) is 17.1. The van der Waals surface area contributed by atoms with Crippen LogP contribution in [0.5, 0.6) is 0 Å². The van der Waals surface area contributed by atoms with E-state index in [4.69, 9.17) is 10.7 Å². The average molecular weight is 649 g/mol. The normalized spacial score (nSPS) is 16.8. The van der Waals surface area contributed by atoms with Crippen LogP contribution in [0.4, 0.5) is 0 Å². The quantitative estimate of drug-likeness (QED) is 0.136. The molecule has 242 valence electrons. The molecule has 9 rings (SSSR count). The monoisotopic (exact) mass is 648 g/mol. The highest BCUT2D eigenvalue weighted by atomic mass is 15.3. The molecule has 1 aliphatic heterocycles. The lowest BCUT2D eigenvalue weighted by atomic mass is 10.0. The molecule has 0 spiro atoms. The molecule has 0 aliphatic carbocycles. The summed E-state index contributed by atoms with van der Waals surface area (Å²) in [6.45, 7) is 2.00. The standard InChI is InChI=1S/C44H36N6/c1-2-28(24-25-45)42-47-43(29-10-4-3-5-11-29)49-44(48-42)30-16-20-33(21-17-30)50-40-15-9-7-13-35(40)37-27-32(19-23-41(37)50)31-18-22-39-36(26-31)34-12-6-8-14-38(34)46-39/h2-27,43-44,46,49H,45H2,1H3,(H,47,48)/b25-24-,28-2+. The van der Waals surface area contributed by atoms with Crippen LogP contribution in [0.25, 0.3) is 60.4 Å². The molecule has 6 nitrogen and oxygen atoms in total. The number of aromatic amines is 1. The molecule has 50 heavy (non-hydrogen) atoms. The van der Waals surface area contributed by atoms with E-state index in [1.807, 2.05) is 37.3 Å². The van der Waals surface area contributed by atoms with Crippen molar-refractivity contribution in [2.75, 3.05) is 0 Å². The maximum Gasteiger partial charge on any atom is 0.131 e. The smallest absolute Gasteiger partial charge is 0.131 e. The van der Waals surface area contributed by atoms with E-state index < -0.39 is 0 Å². The maximum absolute atomic E-state index is 5.79. The fourth-order valence-electron chi connectivity index (χ4n) is 7.37. The fraction of sp³-hybridized carbons (Fsp3) is 0.0682. The molecule has 0 amide bonds. The Hall–Kier alpha value is -6.37. The predicted octanol–water partition coefficient (Wildman–Crippen LogP) is 9.79. The molecule has 0 bridgehead atoms. The average Bonchev–Trinajstić information content (AvgIpc) is 3.72. The van der Waals surface area contributed by atoms with Crippen molar-refractivity contribution in [1.29, 1.82) is 0 Å². The predicted molar refractivity (Wildman–Crippen MR) is 208 cm³/mol. The van der Waals surface area contributed by atoms with E-state index in [1.54, 1.807) is 6.20 Å². The summed E-state index contributed by atoms with van der Waals surface area (Å²) in [6, 6.07) is 49.9. The number of benzene rings is 6. The number of amidine groups is 1. The Morgan fingerprint density at radius 3 is 2.14 bits per heavy atom. The lowest BCUT2D eigenvalue weighted by Crippen LogP contribution is -2.45. The number of para-hydroxylation sites is 2. The van der Waals surface area contributed by atoms with Crippen LogP contribution >= 0.6 is 0 Å². The molecule has 1 aliphatic rings. The molecule has 0 radical (unpaired) electrons. The second-order valence-electron chi connectivity index (χ2n) is 12.7. The zero-order valence-corrected chi connectivity index (χ0v) is 27.6. The van der Waals surface area contributed by atoms with Crippen molar-refractivity contribution in [3.63, 3.8) is 0 Å². The highest BCUT2D eigenvalue weighted by Crippen LogP contribution is 2.37. The van der Waals surface area contributed by atoms with E-state index in [0.717, 1.165) is 39.3 Å². The van der Waals surface area contributed by atoms with Gasteiger partial charge in [-0.1, -0.05) is 97.1 Å². The van der Waals surface area contributed by atoms with E-state index in [9.17, 15) is 0 Å². The van der Waals surface area contributed by atoms with Crippen molar-refractivity contribution < 1.29 is 0 Å². The molecule has 0 fully saturated rings. The lowest BCUT2D eigenvalue weighted by Gasteiger charge is -2.32. The first-order valence-electron chi connectivity index (χ1n) is 17.0. The van der Waals surface area contributed by atoms with Gasteiger partial charge in [0.15, 0.2) is 0 Å². The molecule has 2 aromatic heterocycles. The number of rotatable bonds is 6. The second-order valence-corrected chi connectivity index (χ2v) is 12.7. The van der Waals surface area contributed by atoms with Crippen molar-refractivity contribution in [3.05, 3.63) is 175 Å². The van der Waals surface area contributed by atoms with Gasteiger partial charge in [0, 0.05) is 43.8 Å². The Labute approximate surface area is 290 Å². The Kier molecular flexibility index (Phi) is 7.29. The van der Waals surface area contributed by atoms with Crippen molar-refractivity contribution in [2.24, 2.45) is 10.7 Å². The number of allylic oxidation sites excluding steroid dienone is 1. The number of aromatic nitrogens is 2. The number of fused-ring (bicyclic) bond motifs is 6. The van der Waals surface area contributed by atoms with Gasteiger partial charge in [-0.05, 0) is 90.0 Å². The minimum atomic E-state index is -0.207. The van der Waals surface area contributed by atoms with Gasteiger partial charge in [-0.25, -0.2) is 4.99 Å². The summed E-state index contributed by atoms with van der Waals surface area (Å²) in [7, 11) is 0. The summed E-state index contributed by atoms with van der Waals surface area (Å²) in [6.07, 6.45) is 5.10. The van der Waals surface area contributed by atoms with E-state index in [1.165, 1.54) is 43.7 Å². The number of nitrogens with zero attached hydrogens (tertiary/aromatic N) is 2. The van der Waals surface area contributed by atoms with E-state index in [2.05, 4.69) is 142 Å². The topological polar surface area (TPSA) is 83.2 Å². The van der Waals surface area contributed by atoms with E-state index in [-0.39, 0.29) is 12.3 Å². The van der Waals surface area contributed by atoms with Gasteiger partial charge in [0.05, 0.1) is 11.0 Å². The largest absolute Gasteiger partial charge is 0.405 e. The SMILES string of the molecule is C/C=C(\C=C/N)C1=NC(c2ccccc2)NC(c2ccc(-n3c4ccccc4c4cc(-c5ccc6[nH]c7ccccc7c6c5)ccc43)cc2)N1. The highest BCUT2D eigenvalue weighted by molar-refractivity contribution is 6.12. The van der Waals surface area contributed by atoms with Crippen LogP contribution in [0.3, 0.4) is 0 Å². The van der Waals surface area contributed by atoms with Crippen LogP contribution in [-0.2, 0) is 0 Å². The van der Waals surface area contributed by atoms with Gasteiger partial charge in [0.25, 0.3) is 0 Å². The summed E-state index contributed by atoms with van der Waals surface area (Å²) < 4.78 is 2.37. The molecular weight excluding hydrogens is 613 g/mol. The fourth-order valence-corrected chi connectivity index (χ4v) is 7.37. The summed E-state index contributed by atoms with van der Waals surface area (Å²) in [5.74, 6) is 0.804. The van der Waals surface area contributed by atoms with Crippen LogP contribution < -0.4 is 16.4 Å². The van der Waals surface area contributed by atoms with Crippen LogP contribution in [0.1, 0.15) is 30.4 Å². The van der Waals surface area contributed by atoms with Gasteiger partial charge in [0.1, 0.15) is 18.2 Å². The Balaban J connectivity index is 1.09. The van der Waals surface area contributed by atoms with Crippen LogP contribution in [-0.4, -0.2) is 15.4 Å². The summed E-state index contributed by atoms with van der Waals surface area (Å²) in [5, 5.41) is 12.3. The van der Waals surface area contributed by atoms with Crippen molar-refractivity contribution >= 4 is 49.4 Å². The lowest BCUT2D eigenvalue weighted by molar-refractivity contribution is 0.409. The first-order valence-corrected chi connectivity index (χ1v) is 17.0. The molecular formula is C44H36N6. The van der Waals surface area contributed by atoms with Crippen molar-refractivity contribution in [2.45, 2.75) is 19.3 Å². The molecule has 3 heterocycles. The number of hydrogen-bond donors (Lipinski definition) is 4. The molecule has 2 atom stereocenters. The van der Waals surface area contributed by atoms with Crippen LogP contribution in [0.2, 0.25) is 0 Å². The first kappa shape index (κ1) is 29.7. The summed E-state index contributed by atoms with van der Waals surface area (Å²) >= 11 is 0. The molecule has 6 aromatic carbocycles. The summed E-state index contributed by atoms with van der Waals surface area (Å²) in [4.78, 5) is 8.57. The molecule has 0 saturated carbocycles. The van der Waals surface area contributed by atoms with Crippen molar-refractivity contribution in [3.8, 4) is 16.8 Å². The van der Waals surface area contributed by atoms with Gasteiger partial charge in [-0.15, -0.1) is 0 Å². The Morgan fingerprint density at radius 1 is 0.660 bits per heavy atom. The number of nitrogens with two attached hydrogens (primary N) is 1. The number of nitrogens with one attached hydrogen (secondary N) is 3. The molecule has 2 unspecified atom stereocenters. The van der Waals surface area contributed by atoms with Gasteiger partial charge in [-0.3, -0.25) is 5.32 Å². The zero-order chi connectivity index (χ0) is 33.6. The van der Waals surface area contributed by atoms with Gasteiger partial charge in [0.2, 0.25) is 0 Å². The first-order chi connectivity index (χ1) is 24.7. The van der Waals surface area contributed by atoms with Gasteiger partial charge >= 0.3 is 0 Å². The minimum Gasteiger partial charge on any atom is -0.405 e. The molecule has 6 heteroatoms. The third-order valence-electron chi connectivity index (χ3n) is 9.84. The minimum absolute atomic E-state index is 0.155. The van der Waals surface area contributed by atoms with Crippen LogP contribution in [0, 0.1) is 0 Å². The number of hydrogen-bond acceptors (Lipinski definition) is 4. The highest BCUT2D eigenvalue weighted by Gasteiger charge is 2.26. The Morgan fingerprint density at radius 2 is 1.34 bits per heavy atom. The second kappa shape index (κ2) is 12.3. The van der Waals surface area contributed by atoms with Gasteiger partial charge in [-0.2, -0.15) is 0 Å². The maximum atomic E-state index is 5.79. The van der Waals surface area contributed by atoms with Crippen LogP contribution in [0.15, 0.2) is 168 Å². The third kappa shape index (κ3) is 5.05. The zero-order valence-electron chi connectivity index (χ0n) is 27.6. The Bertz CT molecular complexity index is 2620. The van der Waals surface area contributed by atoms with Crippen molar-refractivity contribution in [1.82, 2.24) is 20.2 Å². The third-order valence-corrected chi connectivity index (χ3v) is 9.84. The molecule has 0 saturated heterocycles. The van der Waals surface area contributed by atoms with Gasteiger partial charge < -0.3 is 20.6 Å².